The fourth-order valence-corrected chi connectivity index (χ4v) is 7.53. The summed E-state index contributed by atoms with van der Waals surface area (Å²) in [6.07, 6.45) is 3.91. The molecule has 0 saturated carbocycles. The normalized spacial score (nSPS) is 11.8. The summed E-state index contributed by atoms with van der Waals surface area (Å²) in [5.74, 6) is 0. The van der Waals surface area contributed by atoms with Crippen molar-refractivity contribution in [2.75, 3.05) is 0 Å². The van der Waals surface area contributed by atoms with Crippen LogP contribution in [-0.2, 0) is 30.9 Å². The number of nitrogens with zero attached hydrogens (tertiary/aromatic N) is 3. The maximum atomic E-state index is 6.52. The molecule has 4 aromatic heterocycles. The van der Waals surface area contributed by atoms with Gasteiger partial charge < -0.3 is 14.4 Å². The Labute approximate surface area is 324 Å². The van der Waals surface area contributed by atoms with Gasteiger partial charge in [-0.1, -0.05) is 88.9 Å². The van der Waals surface area contributed by atoms with E-state index in [0.717, 1.165) is 55.0 Å². The SMILES string of the molecule is Cc1ccc(-c2[c-]cccc2)nc1.Cc1cccc(C)c1-c1cc(-c2[c-]ccc3c2oc2cc4nc(C(C)(C)C)sc4cc23)ncc1C(C)(C)C.[Ir]. The van der Waals surface area contributed by atoms with Gasteiger partial charge in [-0.2, -0.15) is 0 Å². The molecule has 0 aliphatic carbocycles. The first-order valence-corrected chi connectivity index (χ1v) is 18.2. The molecule has 1 radical (unpaired) electrons. The molecule has 0 unspecified atom stereocenters. The topological polar surface area (TPSA) is 51.8 Å². The number of aromatic nitrogens is 3. The van der Waals surface area contributed by atoms with E-state index in [1.807, 2.05) is 55.7 Å². The summed E-state index contributed by atoms with van der Waals surface area (Å²) < 4.78 is 7.71. The van der Waals surface area contributed by atoms with Gasteiger partial charge in [-0.3, -0.25) is 0 Å². The van der Waals surface area contributed by atoms with Crippen molar-refractivity contribution in [2.24, 2.45) is 0 Å². The zero-order valence-electron chi connectivity index (χ0n) is 31.2. The average Bonchev–Trinajstić information content (AvgIpc) is 3.69. The minimum Gasteiger partial charge on any atom is -0.501 e. The second-order valence-electron chi connectivity index (χ2n) is 15.4. The van der Waals surface area contributed by atoms with Gasteiger partial charge in [-0.05, 0) is 77.0 Å². The second kappa shape index (κ2) is 14.5. The number of aryl methyl sites for hydroxylation is 3. The molecule has 0 N–H and O–H groups in total. The molecule has 0 aliphatic rings. The van der Waals surface area contributed by atoms with E-state index in [-0.39, 0.29) is 30.9 Å². The number of fused-ring (bicyclic) bond motifs is 4. The predicted molar refractivity (Wildman–Crippen MR) is 215 cm³/mol. The van der Waals surface area contributed by atoms with Crippen LogP contribution in [0.2, 0.25) is 0 Å². The van der Waals surface area contributed by atoms with E-state index in [9.17, 15) is 0 Å². The largest absolute Gasteiger partial charge is 0.501 e. The minimum atomic E-state index is -0.0463. The third kappa shape index (κ3) is 7.39. The first-order valence-electron chi connectivity index (χ1n) is 17.4. The Hall–Kier alpha value is -4.48. The van der Waals surface area contributed by atoms with Crippen LogP contribution in [-0.4, -0.2) is 15.0 Å². The number of pyridine rings is 2. The molecule has 0 fully saturated rings. The van der Waals surface area contributed by atoms with Crippen LogP contribution in [0.5, 0.6) is 0 Å². The summed E-state index contributed by atoms with van der Waals surface area (Å²) in [5, 5.41) is 3.32. The van der Waals surface area contributed by atoms with E-state index in [0.29, 0.717) is 0 Å². The molecule has 0 aliphatic heterocycles. The van der Waals surface area contributed by atoms with Gasteiger partial charge in [0.2, 0.25) is 0 Å². The van der Waals surface area contributed by atoms with Gasteiger partial charge in [-0.15, -0.1) is 65.4 Å². The van der Waals surface area contributed by atoms with Crippen molar-refractivity contribution >= 4 is 43.5 Å². The fraction of sp³-hybridized carbons (Fsp3) is 0.239. The molecule has 52 heavy (non-hydrogen) atoms. The Morgan fingerprint density at radius 3 is 2.10 bits per heavy atom. The Kier molecular flexibility index (Phi) is 10.4. The van der Waals surface area contributed by atoms with E-state index >= 15 is 0 Å². The van der Waals surface area contributed by atoms with E-state index in [1.165, 1.54) is 38.1 Å². The van der Waals surface area contributed by atoms with Crippen LogP contribution in [0, 0.1) is 32.9 Å². The molecule has 6 heteroatoms. The van der Waals surface area contributed by atoms with Crippen LogP contribution in [0.4, 0.5) is 0 Å². The van der Waals surface area contributed by atoms with Crippen molar-refractivity contribution in [3.63, 3.8) is 0 Å². The van der Waals surface area contributed by atoms with E-state index in [2.05, 4.69) is 121 Å². The maximum absolute atomic E-state index is 6.52. The van der Waals surface area contributed by atoms with Crippen molar-refractivity contribution in [1.82, 2.24) is 15.0 Å². The fourth-order valence-electron chi connectivity index (χ4n) is 6.49. The molecule has 8 aromatic rings. The Morgan fingerprint density at radius 1 is 0.692 bits per heavy atom. The number of hydrogen-bond donors (Lipinski definition) is 0. The first kappa shape index (κ1) is 37.3. The number of hydrogen-bond acceptors (Lipinski definition) is 5. The number of rotatable bonds is 3. The van der Waals surface area contributed by atoms with Gasteiger partial charge >= 0.3 is 0 Å². The van der Waals surface area contributed by atoms with Gasteiger partial charge in [-0.25, -0.2) is 4.98 Å². The Bertz CT molecular complexity index is 2500. The van der Waals surface area contributed by atoms with Crippen LogP contribution in [0.1, 0.15) is 68.8 Å². The van der Waals surface area contributed by atoms with E-state index in [4.69, 9.17) is 14.4 Å². The smallest absolute Gasteiger partial charge is 0.123 e. The minimum absolute atomic E-state index is 0. The van der Waals surface area contributed by atoms with Gasteiger partial charge in [0.1, 0.15) is 5.58 Å². The summed E-state index contributed by atoms with van der Waals surface area (Å²) in [5.41, 5.74) is 13.8. The first-order chi connectivity index (χ1) is 24.3. The molecule has 4 nitrogen and oxygen atoms in total. The second-order valence-corrected chi connectivity index (χ2v) is 16.4. The van der Waals surface area contributed by atoms with Crippen molar-refractivity contribution in [3.05, 3.63) is 137 Å². The van der Waals surface area contributed by atoms with Crippen molar-refractivity contribution in [3.8, 4) is 33.6 Å². The van der Waals surface area contributed by atoms with Crippen LogP contribution in [0.3, 0.4) is 0 Å². The van der Waals surface area contributed by atoms with E-state index in [1.54, 1.807) is 11.3 Å². The molecule has 0 spiro atoms. The van der Waals surface area contributed by atoms with Gasteiger partial charge in [0, 0.05) is 49.4 Å². The maximum Gasteiger partial charge on any atom is 0.123 e. The van der Waals surface area contributed by atoms with Crippen LogP contribution in [0.25, 0.3) is 65.8 Å². The van der Waals surface area contributed by atoms with Gasteiger partial charge in [0.05, 0.1) is 20.8 Å². The zero-order chi connectivity index (χ0) is 36.1. The number of thiazole rings is 1. The Morgan fingerprint density at radius 2 is 1.44 bits per heavy atom. The monoisotopic (exact) mass is 878 g/mol. The molecular weight excluding hydrogens is 835 g/mol. The molecule has 265 valence electrons. The van der Waals surface area contributed by atoms with Crippen LogP contribution in [0.15, 0.2) is 102 Å². The molecule has 0 saturated heterocycles. The third-order valence-corrected chi connectivity index (χ3v) is 10.6. The Balaban J connectivity index is 0.000000279. The molecule has 4 heterocycles. The van der Waals surface area contributed by atoms with Gasteiger partial charge in [0.15, 0.2) is 0 Å². The standard InChI is InChI=1S/C34H33N2OS.C12H10N.Ir/c1-19-11-9-12-20(2)30(19)24-15-26(35-18-25(24)33(3,4)5)22-14-10-13-21-23-16-29-27(17-28(23)37-31(21)22)36-32(38-29)34(6,7)8;1-10-7-8-12(13-9-10)11-5-3-2-4-6-11;/h9-13,15-18H,1-8H3;2-5,7-9H,1H3;/q2*-1;. The summed E-state index contributed by atoms with van der Waals surface area (Å²) in [4.78, 5) is 14.2. The van der Waals surface area contributed by atoms with Crippen molar-refractivity contribution in [2.45, 2.75) is 73.1 Å². The predicted octanol–water partition coefficient (Wildman–Crippen LogP) is 12.8. The third-order valence-electron chi connectivity index (χ3n) is 9.20. The summed E-state index contributed by atoms with van der Waals surface area (Å²) in [7, 11) is 0. The summed E-state index contributed by atoms with van der Waals surface area (Å²) in [6, 6.07) is 35.6. The quantitative estimate of drug-likeness (QED) is 0.166. The average molecular weight is 878 g/mol. The van der Waals surface area contributed by atoms with Crippen molar-refractivity contribution < 1.29 is 24.5 Å². The molecule has 0 amide bonds. The summed E-state index contributed by atoms with van der Waals surface area (Å²) in [6.45, 7) is 19.8. The van der Waals surface area contributed by atoms with Gasteiger partial charge in [0.25, 0.3) is 0 Å². The van der Waals surface area contributed by atoms with Crippen LogP contribution >= 0.6 is 11.3 Å². The molecular formula is C46H43IrN3OS-2. The molecule has 8 rings (SSSR count). The van der Waals surface area contributed by atoms with Crippen LogP contribution < -0.4 is 0 Å². The number of furan rings is 1. The zero-order valence-corrected chi connectivity index (χ0v) is 34.4. The summed E-state index contributed by atoms with van der Waals surface area (Å²) >= 11 is 1.76. The molecule has 0 atom stereocenters. The number of benzene rings is 4. The molecule has 0 bridgehead atoms. The van der Waals surface area contributed by atoms with Crippen molar-refractivity contribution in [1.29, 1.82) is 0 Å². The van der Waals surface area contributed by atoms with E-state index < -0.39 is 0 Å². The molecule has 4 aromatic carbocycles.